The lowest BCUT2D eigenvalue weighted by atomic mass is 9.75. The second-order valence-electron chi connectivity index (χ2n) is 9.42. The van der Waals surface area contributed by atoms with Gasteiger partial charge in [0, 0.05) is 37.9 Å². The zero-order chi connectivity index (χ0) is 26.6. The molecule has 1 saturated heterocycles. The molecule has 0 unspecified atom stereocenters. The Labute approximate surface area is 215 Å². The van der Waals surface area contributed by atoms with Crippen molar-refractivity contribution >= 4 is 35.0 Å². The predicted molar refractivity (Wildman–Crippen MR) is 140 cm³/mol. The second-order valence-corrected chi connectivity index (χ2v) is 9.42. The summed E-state index contributed by atoms with van der Waals surface area (Å²) in [5, 5.41) is 10.2. The van der Waals surface area contributed by atoms with Gasteiger partial charge < -0.3 is 10.0 Å². The Bertz CT molecular complexity index is 1270. The molecule has 37 heavy (non-hydrogen) atoms. The Balaban J connectivity index is 1.53. The number of hydrogen-bond acceptors (Lipinski definition) is 3. The maximum atomic E-state index is 13.8. The summed E-state index contributed by atoms with van der Waals surface area (Å²) in [5.41, 5.74) is 1.50. The molecule has 0 spiro atoms. The summed E-state index contributed by atoms with van der Waals surface area (Å²) in [6, 6.07) is 22.0. The van der Waals surface area contributed by atoms with E-state index in [0.717, 1.165) is 5.56 Å². The monoisotopic (exact) mass is 503 g/mol. The number of benzene rings is 3. The van der Waals surface area contributed by atoms with Crippen molar-refractivity contribution in [1.29, 1.82) is 0 Å². The maximum absolute atomic E-state index is 13.8. The third-order valence-electron chi connectivity index (χ3n) is 7.06. The number of anilines is 3. The summed E-state index contributed by atoms with van der Waals surface area (Å²) < 4.78 is 13.3. The van der Waals surface area contributed by atoms with E-state index in [0.29, 0.717) is 17.1 Å². The van der Waals surface area contributed by atoms with Crippen LogP contribution < -0.4 is 9.80 Å². The lowest BCUT2D eigenvalue weighted by molar-refractivity contribution is -0.154. The third kappa shape index (κ3) is 5.48. The summed E-state index contributed by atoms with van der Waals surface area (Å²) in [6.07, 6.45) is 0.0995. The van der Waals surface area contributed by atoms with Gasteiger partial charge in [-0.1, -0.05) is 36.4 Å². The van der Waals surface area contributed by atoms with Gasteiger partial charge in [0.05, 0.1) is 11.1 Å². The number of aliphatic carboxylic acids is 1. The van der Waals surface area contributed by atoms with Crippen molar-refractivity contribution in [3.8, 4) is 0 Å². The van der Waals surface area contributed by atoms with E-state index in [4.69, 9.17) is 0 Å². The number of nitrogens with zero attached hydrogens (tertiary/aromatic N) is 3. The number of amides is 3. The number of likely N-dealkylation sites (tertiary alicyclic amines) is 1. The molecule has 0 aromatic heterocycles. The van der Waals surface area contributed by atoms with Crippen molar-refractivity contribution in [2.45, 2.75) is 26.2 Å². The van der Waals surface area contributed by atoms with E-state index in [1.165, 1.54) is 29.2 Å². The van der Waals surface area contributed by atoms with Gasteiger partial charge in [-0.15, -0.1) is 0 Å². The second kappa shape index (κ2) is 10.8. The molecule has 1 aliphatic rings. The van der Waals surface area contributed by atoms with Crippen molar-refractivity contribution < 1.29 is 23.9 Å². The molecule has 3 aromatic rings. The molecule has 8 heteroatoms. The van der Waals surface area contributed by atoms with E-state index in [2.05, 4.69) is 0 Å². The fourth-order valence-corrected chi connectivity index (χ4v) is 4.76. The molecule has 0 atom stereocenters. The van der Waals surface area contributed by atoms with E-state index in [9.17, 15) is 23.9 Å². The molecule has 0 bridgehead atoms. The molecule has 4 rings (SSSR count). The number of piperidine rings is 1. The highest BCUT2D eigenvalue weighted by molar-refractivity contribution is 6.03. The van der Waals surface area contributed by atoms with Crippen molar-refractivity contribution in [3.63, 3.8) is 0 Å². The molecule has 1 N–H and O–H groups in total. The smallest absolute Gasteiger partial charge is 0.324 e. The number of carboxylic acids is 1. The van der Waals surface area contributed by atoms with Crippen molar-refractivity contribution in [2.75, 3.05) is 29.9 Å². The minimum atomic E-state index is -1.29. The first kappa shape index (κ1) is 25.9. The molecule has 0 saturated carbocycles. The zero-order valence-corrected chi connectivity index (χ0v) is 20.9. The first-order valence-corrected chi connectivity index (χ1v) is 12.2. The molecule has 1 heterocycles. The highest BCUT2D eigenvalue weighted by Gasteiger charge is 2.45. The van der Waals surface area contributed by atoms with Crippen LogP contribution in [0, 0.1) is 18.2 Å². The summed E-state index contributed by atoms with van der Waals surface area (Å²) in [4.78, 5) is 43.9. The lowest BCUT2D eigenvalue weighted by Crippen LogP contribution is -2.51. The SMILES string of the molecule is Cc1ccccc1N(C(=O)CC1(C(=O)O)CCN(C(=O)N(C)c2ccc(F)cc2)CC1)c1ccccc1. The minimum absolute atomic E-state index is 0.146. The molecule has 0 radical (unpaired) electrons. The third-order valence-corrected chi connectivity index (χ3v) is 7.06. The summed E-state index contributed by atoms with van der Waals surface area (Å²) in [6.45, 7) is 2.30. The summed E-state index contributed by atoms with van der Waals surface area (Å²) in [7, 11) is 1.60. The zero-order valence-electron chi connectivity index (χ0n) is 20.9. The first-order chi connectivity index (χ1) is 17.7. The number of aryl methyl sites for hydroxylation is 1. The van der Waals surface area contributed by atoms with E-state index < -0.39 is 17.2 Å². The van der Waals surface area contributed by atoms with E-state index in [-0.39, 0.29) is 44.3 Å². The van der Waals surface area contributed by atoms with E-state index in [1.54, 1.807) is 16.8 Å². The molecule has 1 fully saturated rings. The Morgan fingerprint density at radius 2 is 1.49 bits per heavy atom. The lowest BCUT2D eigenvalue weighted by Gasteiger charge is -2.40. The average molecular weight is 504 g/mol. The molecule has 3 amide bonds. The number of para-hydroxylation sites is 2. The average Bonchev–Trinajstić information content (AvgIpc) is 2.90. The number of rotatable bonds is 6. The highest BCUT2D eigenvalue weighted by atomic mass is 19.1. The number of urea groups is 1. The number of carbonyl (C=O) groups is 3. The van der Waals surface area contributed by atoms with Crippen molar-refractivity contribution in [2.24, 2.45) is 5.41 Å². The molecular formula is C29H30FN3O4. The minimum Gasteiger partial charge on any atom is -0.481 e. The van der Waals surface area contributed by atoms with E-state index >= 15 is 0 Å². The largest absolute Gasteiger partial charge is 0.481 e. The molecule has 0 aliphatic carbocycles. The van der Waals surface area contributed by atoms with Crippen LogP contribution in [0.5, 0.6) is 0 Å². The Kier molecular flexibility index (Phi) is 7.57. The van der Waals surface area contributed by atoms with Crippen LogP contribution in [0.2, 0.25) is 0 Å². The van der Waals surface area contributed by atoms with Crippen LogP contribution in [0.3, 0.4) is 0 Å². The van der Waals surface area contributed by atoms with Gasteiger partial charge in [0.1, 0.15) is 5.82 Å². The topological polar surface area (TPSA) is 81.2 Å². The number of hydrogen-bond donors (Lipinski definition) is 1. The standard InChI is InChI=1S/C29H30FN3O4/c1-21-8-6-7-11-25(21)33(24-9-4-3-5-10-24)26(34)20-29(27(35)36)16-18-32(19-17-29)28(37)31(2)23-14-12-22(30)13-15-23/h3-15H,16-20H2,1-2H3,(H,35,36). The molecule has 1 aliphatic heterocycles. The van der Waals surface area contributed by atoms with Gasteiger partial charge in [-0.2, -0.15) is 0 Å². The van der Waals surface area contributed by atoms with Crippen LogP contribution in [0.4, 0.5) is 26.2 Å². The van der Waals surface area contributed by atoms with Gasteiger partial charge in [0.15, 0.2) is 0 Å². The maximum Gasteiger partial charge on any atom is 0.324 e. The van der Waals surface area contributed by atoms with Crippen LogP contribution in [0.1, 0.15) is 24.8 Å². The fraction of sp³-hybridized carbons (Fsp3) is 0.276. The number of carboxylic acid groups (broad SMARTS) is 1. The van der Waals surface area contributed by atoms with Gasteiger partial charge in [-0.05, 0) is 67.8 Å². The van der Waals surface area contributed by atoms with Crippen LogP contribution in [-0.4, -0.2) is 48.1 Å². The van der Waals surface area contributed by atoms with Gasteiger partial charge in [-0.3, -0.25) is 19.4 Å². The number of halogens is 1. The van der Waals surface area contributed by atoms with Crippen LogP contribution >= 0.6 is 0 Å². The first-order valence-electron chi connectivity index (χ1n) is 12.2. The predicted octanol–water partition coefficient (Wildman–Crippen LogP) is 5.61. The quantitative estimate of drug-likeness (QED) is 0.474. The number of carbonyl (C=O) groups excluding carboxylic acids is 2. The van der Waals surface area contributed by atoms with Crippen LogP contribution in [0.25, 0.3) is 0 Å². The Morgan fingerprint density at radius 3 is 2.08 bits per heavy atom. The van der Waals surface area contributed by atoms with E-state index in [1.807, 2.05) is 61.5 Å². The van der Waals surface area contributed by atoms with Crippen LogP contribution in [0.15, 0.2) is 78.9 Å². The normalized spacial score (nSPS) is 14.6. The molecule has 7 nitrogen and oxygen atoms in total. The van der Waals surface area contributed by atoms with Gasteiger partial charge in [0.25, 0.3) is 0 Å². The van der Waals surface area contributed by atoms with Crippen LogP contribution in [-0.2, 0) is 9.59 Å². The molecular weight excluding hydrogens is 473 g/mol. The molecule has 3 aromatic carbocycles. The van der Waals surface area contributed by atoms with Gasteiger partial charge in [-0.25, -0.2) is 9.18 Å². The van der Waals surface area contributed by atoms with Gasteiger partial charge in [0.2, 0.25) is 5.91 Å². The highest BCUT2D eigenvalue weighted by Crippen LogP contribution is 2.39. The summed E-state index contributed by atoms with van der Waals surface area (Å²) >= 11 is 0. The van der Waals surface area contributed by atoms with Crippen molar-refractivity contribution in [3.05, 3.63) is 90.2 Å². The molecule has 192 valence electrons. The van der Waals surface area contributed by atoms with Gasteiger partial charge >= 0.3 is 12.0 Å². The Morgan fingerprint density at radius 1 is 0.892 bits per heavy atom. The fourth-order valence-electron chi connectivity index (χ4n) is 4.76. The van der Waals surface area contributed by atoms with Crippen molar-refractivity contribution in [1.82, 2.24) is 4.90 Å². The Hall–Kier alpha value is -4.20. The summed E-state index contributed by atoms with van der Waals surface area (Å²) in [5.74, 6) is -1.75.